The SMILES string of the molecule is CCOc1ccc(/C=N\NC(=O)CN(c2cccc(Cl)c2Cl)S(C)(=O)=O)cc1. The van der Waals surface area contributed by atoms with Gasteiger partial charge in [0.25, 0.3) is 5.91 Å². The number of nitrogens with zero attached hydrogens (tertiary/aromatic N) is 2. The Morgan fingerprint density at radius 3 is 2.50 bits per heavy atom. The van der Waals surface area contributed by atoms with Crippen LogP contribution < -0.4 is 14.5 Å². The van der Waals surface area contributed by atoms with Crippen LogP contribution in [0.2, 0.25) is 10.0 Å². The fraction of sp³-hybridized carbons (Fsp3) is 0.222. The van der Waals surface area contributed by atoms with Crippen molar-refractivity contribution in [2.45, 2.75) is 6.92 Å². The van der Waals surface area contributed by atoms with Crippen LogP contribution >= 0.6 is 23.2 Å². The number of nitrogens with one attached hydrogen (secondary N) is 1. The highest BCUT2D eigenvalue weighted by Gasteiger charge is 2.23. The Balaban J connectivity index is 2.07. The highest BCUT2D eigenvalue weighted by molar-refractivity contribution is 7.92. The summed E-state index contributed by atoms with van der Waals surface area (Å²) in [5, 5.41) is 4.06. The molecule has 0 saturated carbocycles. The van der Waals surface area contributed by atoms with E-state index in [0.717, 1.165) is 21.9 Å². The first-order chi connectivity index (χ1) is 13.2. The second-order valence-electron chi connectivity index (χ2n) is 5.64. The van der Waals surface area contributed by atoms with Crippen molar-refractivity contribution in [2.24, 2.45) is 5.10 Å². The van der Waals surface area contributed by atoms with Crippen LogP contribution in [0, 0.1) is 0 Å². The average molecular weight is 444 g/mol. The van der Waals surface area contributed by atoms with Crippen molar-refractivity contribution in [3.63, 3.8) is 0 Å². The maximum atomic E-state index is 12.2. The number of halogens is 2. The van der Waals surface area contributed by atoms with Gasteiger partial charge < -0.3 is 4.74 Å². The number of carbonyl (C=O) groups excluding carboxylic acids is 1. The first-order valence-corrected chi connectivity index (χ1v) is 10.8. The topological polar surface area (TPSA) is 88.1 Å². The number of benzene rings is 2. The van der Waals surface area contributed by atoms with E-state index in [1.165, 1.54) is 18.3 Å². The fourth-order valence-electron chi connectivity index (χ4n) is 2.23. The second-order valence-corrected chi connectivity index (χ2v) is 8.33. The molecule has 0 aliphatic heterocycles. The Labute approximate surface area is 173 Å². The van der Waals surface area contributed by atoms with Gasteiger partial charge in [0.15, 0.2) is 0 Å². The molecule has 150 valence electrons. The number of sulfonamides is 1. The third-order valence-corrected chi connectivity index (χ3v) is 5.42. The minimum Gasteiger partial charge on any atom is -0.494 e. The lowest BCUT2D eigenvalue weighted by molar-refractivity contribution is -0.119. The summed E-state index contributed by atoms with van der Waals surface area (Å²) >= 11 is 12.0. The molecule has 0 bridgehead atoms. The Morgan fingerprint density at radius 1 is 1.21 bits per heavy atom. The number of anilines is 1. The maximum Gasteiger partial charge on any atom is 0.260 e. The van der Waals surface area contributed by atoms with Crippen LogP contribution in [0.1, 0.15) is 12.5 Å². The molecule has 10 heteroatoms. The lowest BCUT2D eigenvalue weighted by Gasteiger charge is -2.22. The molecule has 0 radical (unpaired) electrons. The minimum absolute atomic E-state index is 0.0419. The van der Waals surface area contributed by atoms with Gasteiger partial charge in [-0.1, -0.05) is 29.3 Å². The maximum absolute atomic E-state index is 12.2. The first-order valence-electron chi connectivity index (χ1n) is 8.19. The lowest BCUT2D eigenvalue weighted by atomic mass is 10.2. The number of hydrazone groups is 1. The van der Waals surface area contributed by atoms with Gasteiger partial charge >= 0.3 is 0 Å². The zero-order valence-electron chi connectivity index (χ0n) is 15.2. The van der Waals surface area contributed by atoms with Crippen molar-refractivity contribution >= 4 is 51.0 Å². The largest absolute Gasteiger partial charge is 0.494 e. The Morgan fingerprint density at radius 2 is 1.89 bits per heavy atom. The smallest absolute Gasteiger partial charge is 0.260 e. The molecule has 2 aromatic rings. The molecule has 28 heavy (non-hydrogen) atoms. The molecule has 0 heterocycles. The molecule has 2 rings (SSSR count). The van der Waals surface area contributed by atoms with Crippen molar-refractivity contribution in [3.8, 4) is 5.75 Å². The molecule has 1 N–H and O–H groups in total. The lowest BCUT2D eigenvalue weighted by Crippen LogP contribution is -2.39. The van der Waals surface area contributed by atoms with E-state index in [1.54, 1.807) is 30.3 Å². The molecule has 1 amide bonds. The van der Waals surface area contributed by atoms with E-state index in [9.17, 15) is 13.2 Å². The van der Waals surface area contributed by atoms with Gasteiger partial charge in [-0.15, -0.1) is 0 Å². The van der Waals surface area contributed by atoms with Gasteiger partial charge in [0.05, 0.1) is 34.8 Å². The minimum atomic E-state index is -3.78. The van der Waals surface area contributed by atoms with Crippen molar-refractivity contribution in [1.29, 1.82) is 0 Å². The van der Waals surface area contributed by atoms with E-state index in [1.807, 2.05) is 6.92 Å². The summed E-state index contributed by atoms with van der Waals surface area (Å²) < 4.78 is 30.4. The van der Waals surface area contributed by atoms with E-state index in [4.69, 9.17) is 27.9 Å². The number of hydrogen-bond acceptors (Lipinski definition) is 5. The summed E-state index contributed by atoms with van der Waals surface area (Å²) in [4.78, 5) is 12.2. The molecule has 0 unspecified atom stereocenters. The predicted octanol–water partition coefficient (Wildman–Crippen LogP) is 3.31. The molecule has 0 atom stereocenters. The average Bonchev–Trinajstić information content (AvgIpc) is 2.63. The summed E-state index contributed by atoms with van der Waals surface area (Å²) in [5.41, 5.74) is 3.15. The molecular weight excluding hydrogens is 425 g/mol. The number of ether oxygens (including phenoxy) is 1. The van der Waals surface area contributed by atoms with Crippen molar-refractivity contribution in [2.75, 3.05) is 23.7 Å². The highest BCUT2D eigenvalue weighted by atomic mass is 35.5. The zero-order chi connectivity index (χ0) is 20.7. The molecule has 0 aliphatic rings. The third-order valence-electron chi connectivity index (χ3n) is 3.48. The van der Waals surface area contributed by atoms with Gasteiger partial charge in [0.1, 0.15) is 12.3 Å². The normalized spacial score (nSPS) is 11.4. The zero-order valence-corrected chi connectivity index (χ0v) is 17.6. The Hall–Kier alpha value is -2.29. The Bertz CT molecular complexity index is 963. The molecular formula is C18H19Cl2N3O4S. The predicted molar refractivity (Wildman–Crippen MR) is 112 cm³/mol. The van der Waals surface area contributed by atoms with Crippen LogP contribution in [0.25, 0.3) is 0 Å². The monoisotopic (exact) mass is 443 g/mol. The summed E-state index contributed by atoms with van der Waals surface area (Å²) in [6.45, 7) is 1.96. The standard InChI is InChI=1S/C18H19Cl2N3O4S/c1-3-27-14-9-7-13(8-10-14)11-21-22-17(24)12-23(28(2,25)26)16-6-4-5-15(19)18(16)20/h4-11H,3,12H2,1-2H3,(H,22,24)/b21-11-. The second kappa shape index (κ2) is 9.77. The summed E-state index contributed by atoms with van der Waals surface area (Å²) in [6, 6.07) is 11.6. The third kappa shape index (κ3) is 6.12. The van der Waals surface area contributed by atoms with Crippen LogP contribution in [-0.4, -0.2) is 39.9 Å². The van der Waals surface area contributed by atoms with E-state index >= 15 is 0 Å². The van der Waals surface area contributed by atoms with Crippen molar-refractivity contribution in [3.05, 3.63) is 58.1 Å². The molecule has 0 saturated heterocycles. The molecule has 0 spiro atoms. The van der Waals surface area contributed by atoms with Gasteiger partial charge in [0, 0.05) is 0 Å². The van der Waals surface area contributed by atoms with Crippen LogP contribution in [0.3, 0.4) is 0 Å². The highest BCUT2D eigenvalue weighted by Crippen LogP contribution is 2.33. The molecule has 7 nitrogen and oxygen atoms in total. The van der Waals surface area contributed by atoms with Crippen molar-refractivity contribution in [1.82, 2.24) is 5.43 Å². The molecule has 0 aliphatic carbocycles. The van der Waals surface area contributed by atoms with Gasteiger partial charge in [-0.05, 0) is 48.9 Å². The van der Waals surface area contributed by atoms with E-state index in [-0.39, 0.29) is 15.7 Å². The van der Waals surface area contributed by atoms with E-state index < -0.39 is 22.5 Å². The van der Waals surface area contributed by atoms with Gasteiger partial charge in [-0.2, -0.15) is 5.10 Å². The van der Waals surface area contributed by atoms with Crippen molar-refractivity contribution < 1.29 is 17.9 Å². The molecule has 2 aromatic carbocycles. The van der Waals surface area contributed by atoms with Crippen LogP contribution in [-0.2, 0) is 14.8 Å². The number of carbonyl (C=O) groups is 1. The quantitative estimate of drug-likeness (QED) is 0.500. The molecule has 0 aromatic heterocycles. The van der Waals surface area contributed by atoms with Crippen LogP contribution in [0.15, 0.2) is 47.6 Å². The van der Waals surface area contributed by atoms with E-state index in [0.29, 0.717) is 6.61 Å². The summed E-state index contributed by atoms with van der Waals surface area (Å²) in [5.74, 6) is 0.0922. The van der Waals surface area contributed by atoms with Crippen LogP contribution in [0.4, 0.5) is 5.69 Å². The summed E-state index contributed by atoms with van der Waals surface area (Å²) in [6.07, 6.45) is 2.41. The van der Waals surface area contributed by atoms with Gasteiger partial charge in [-0.25, -0.2) is 13.8 Å². The first kappa shape index (κ1) is 22.0. The summed E-state index contributed by atoms with van der Waals surface area (Å²) in [7, 11) is -3.78. The molecule has 0 fully saturated rings. The number of rotatable bonds is 8. The fourth-order valence-corrected chi connectivity index (χ4v) is 3.54. The number of hydrogen-bond donors (Lipinski definition) is 1. The number of amides is 1. The Kier molecular flexibility index (Phi) is 7.68. The van der Waals surface area contributed by atoms with E-state index in [2.05, 4.69) is 10.5 Å². The van der Waals surface area contributed by atoms with Crippen LogP contribution in [0.5, 0.6) is 5.75 Å². The van der Waals surface area contributed by atoms with Gasteiger partial charge in [-0.3, -0.25) is 9.10 Å². The van der Waals surface area contributed by atoms with Gasteiger partial charge in [0.2, 0.25) is 10.0 Å².